The van der Waals surface area contributed by atoms with E-state index in [0.29, 0.717) is 29.2 Å². The summed E-state index contributed by atoms with van der Waals surface area (Å²) in [5.74, 6) is 1.47. The number of benzene rings is 2. The molecule has 182 valence electrons. The lowest BCUT2D eigenvalue weighted by molar-refractivity contribution is -0.123. The van der Waals surface area contributed by atoms with Gasteiger partial charge in [-0.3, -0.25) is 14.5 Å². The van der Waals surface area contributed by atoms with Crippen LogP contribution in [0.15, 0.2) is 52.4 Å². The number of unbranched alkanes of at least 4 members (excludes halogenated alkanes) is 1. The molecule has 0 aliphatic carbocycles. The average molecular weight is 490 g/mol. The van der Waals surface area contributed by atoms with E-state index < -0.39 is 28.1 Å². The molecule has 2 aliphatic rings. The van der Waals surface area contributed by atoms with Crippen LogP contribution in [0.25, 0.3) is 0 Å². The van der Waals surface area contributed by atoms with Crippen molar-refractivity contribution in [1.29, 1.82) is 0 Å². The Morgan fingerprint density at radius 1 is 1.24 bits per heavy atom. The van der Waals surface area contributed by atoms with E-state index >= 15 is 0 Å². The standard InChI is InChI=1S/C23H27N3O7S/c1-2-3-7-18(25-22-17-6-4-5-8-21(17)34(29,30)26-22)23(28)24-12-15(27)13-31-16-9-10-19-20(11-16)33-14-32-19/h4-6,8-11,15,18,27H,2-3,7,12-14H2,1H3,(H,24,28)(H,25,26). The number of nitrogens with zero attached hydrogens (tertiary/aromatic N) is 1. The first kappa shape index (κ1) is 23.8. The van der Waals surface area contributed by atoms with Crippen LogP contribution in [-0.2, 0) is 14.8 Å². The topological polar surface area (TPSA) is 136 Å². The van der Waals surface area contributed by atoms with Crippen molar-refractivity contribution in [1.82, 2.24) is 10.0 Å². The lowest BCUT2D eigenvalue weighted by Gasteiger charge is -2.17. The normalized spacial score (nSPS) is 18.1. The minimum absolute atomic E-state index is 0.0404. The van der Waals surface area contributed by atoms with Crippen LogP contribution < -0.4 is 24.2 Å². The molecular weight excluding hydrogens is 462 g/mol. The van der Waals surface area contributed by atoms with E-state index in [1.54, 1.807) is 36.4 Å². The van der Waals surface area contributed by atoms with Gasteiger partial charge in [0.2, 0.25) is 12.7 Å². The Kier molecular flexibility index (Phi) is 7.23. The van der Waals surface area contributed by atoms with E-state index in [0.717, 1.165) is 12.8 Å². The molecule has 1 amide bonds. The molecule has 0 fully saturated rings. The van der Waals surface area contributed by atoms with E-state index in [4.69, 9.17) is 14.2 Å². The first-order valence-electron chi connectivity index (χ1n) is 11.1. The number of amidine groups is 1. The summed E-state index contributed by atoms with van der Waals surface area (Å²) in [6.07, 6.45) is 1.07. The fourth-order valence-electron chi connectivity index (χ4n) is 3.59. The van der Waals surface area contributed by atoms with E-state index in [9.17, 15) is 18.3 Å². The van der Waals surface area contributed by atoms with Gasteiger partial charge in [-0.2, -0.15) is 0 Å². The summed E-state index contributed by atoms with van der Waals surface area (Å²) in [6, 6.07) is 10.8. The highest BCUT2D eigenvalue weighted by Crippen LogP contribution is 2.35. The Morgan fingerprint density at radius 2 is 2.03 bits per heavy atom. The number of fused-ring (bicyclic) bond motifs is 2. The Hall–Kier alpha value is -3.31. The Bertz CT molecular complexity index is 1180. The summed E-state index contributed by atoms with van der Waals surface area (Å²) in [5, 5.41) is 13.0. The van der Waals surface area contributed by atoms with Crippen LogP contribution in [0.1, 0.15) is 31.7 Å². The number of sulfonamides is 1. The van der Waals surface area contributed by atoms with Gasteiger partial charge in [-0.25, -0.2) is 8.42 Å². The zero-order chi connectivity index (χ0) is 24.1. The fraction of sp³-hybridized carbons (Fsp3) is 0.391. The van der Waals surface area contributed by atoms with Crippen molar-refractivity contribution in [2.75, 3.05) is 19.9 Å². The number of carbonyl (C=O) groups excluding carboxylic acids is 1. The summed E-state index contributed by atoms with van der Waals surface area (Å²) >= 11 is 0. The number of carbonyl (C=O) groups is 1. The summed E-state index contributed by atoms with van der Waals surface area (Å²) in [6.45, 7) is 2.07. The number of nitrogens with one attached hydrogen (secondary N) is 2. The summed E-state index contributed by atoms with van der Waals surface area (Å²) in [7, 11) is -3.70. The molecule has 3 N–H and O–H groups in total. The molecule has 0 spiro atoms. The minimum Gasteiger partial charge on any atom is -0.491 e. The van der Waals surface area contributed by atoms with Crippen molar-refractivity contribution < 1.29 is 32.5 Å². The third-order valence-corrected chi connectivity index (χ3v) is 6.78. The van der Waals surface area contributed by atoms with E-state index in [1.165, 1.54) is 6.07 Å². The van der Waals surface area contributed by atoms with Gasteiger partial charge in [0.15, 0.2) is 11.5 Å². The van der Waals surface area contributed by atoms with Crippen molar-refractivity contribution in [3.63, 3.8) is 0 Å². The van der Waals surface area contributed by atoms with E-state index in [2.05, 4.69) is 15.0 Å². The van der Waals surface area contributed by atoms with Gasteiger partial charge in [0.05, 0.1) is 4.90 Å². The maximum Gasteiger partial charge on any atom is 0.263 e. The predicted molar refractivity (Wildman–Crippen MR) is 124 cm³/mol. The highest BCUT2D eigenvalue weighted by atomic mass is 32.2. The second-order valence-corrected chi connectivity index (χ2v) is 9.61. The molecule has 2 aliphatic heterocycles. The molecule has 0 radical (unpaired) electrons. The molecule has 2 aromatic rings. The molecule has 2 heterocycles. The Labute approximate surface area is 198 Å². The molecule has 2 atom stereocenters. The van der Waals surface area contributed by atoms with Crippen molar-refractivity contribution in [3.8, 4) is 17.2 Å². The number of hydrogen-bond donors (Lipinski definition) is 3. The monoisotopic (exact) mass is 489 g/mol. The zero-order valence-electron chi connectivity index (χ0n) is 18.7. The molecule has 0 saturated heterocycles. The van der Waals surface area contributed by atoms with Gasteiger partial charge in [0.1, 0.15) is 30.3 Å². The number of aliphatic imine (C=N–C) groups is 1. The molecule has 4 rings (SSSR count). The van der Waals surface area contributed by atoms with Gasteiger partial charge in [0.25, 0.3) is 10.0 Å². The number of aliphatic hydroxyl groups excluding tert-OH is 1. The third-order valence-electron chi connectivity index (χ3n) is 5.38. The van der Waals surface area contributed by atoms with Crippen LogP contribution in [0, 0.1) is 0 Å². The van der Waals surface area contributed by atoms with Crippen molar-refractivity contribution in [2.45, 2.75) is 43.2 Å². The predicted octanol–water partition coefficient (Wildman–Crippen LogP) is 1.57. The largest absolute Gasteiger partial charge is 0.491 e. The second kappa shape index (κ2) is 10.3. The lowest BCUT2D eigenvalue weighted by Crippen LogP contribution is -2.41. The second-order valence-electron chi connectivity index (χ2n) is 7.96. The summed E-state index contributed by atoms with van der Waals surface area (Å²) in [5.41, 5.74) is 0.439. The van der Waals surface area contributed by atoms with E-state index in [-0.39, 0.29) is 30.7 Å². The van der Waals surface area contributed by atoms with Crippen molar-refractivity contribution in [3.05, 3.63) is 48.0 Å². The van der Waals surface area contributed by atoms with Crippen LogP contribution in [0.5, 0.6) is 17.2 Å². The molecule has 0 aromatic heterocycles. The molecule has 10 nitrogen and oxygen atoms in total. The van der Waals surface area contributed by atoms with Gasteiger partial charge in [0, 0.05) is 18.2 Å². The minimum atomic E-state index is -3.70. The molecule has 0 saturated carbocycles. The smallest absolute Gasteiger partial charge is 0.263 e. The average Bonchev–Trinajstić information content (AvgIpc) is 3.40. The SMILES string of the molecule is CCCCC(N=C1NS(=O)(=O)c2ccccc21)C(=O)NCC(O)COc1ccc2c(c1)OCO2. The highest BCUT2D eigenvalue weighted by Gasteiger charge is 2.31. The number of rotatable bonds is 10. The van der Waals surface area contributed by atoms with Gasteiger partial charge < -0.3 is 24.6 Å². The first-order chi connectivity index (χ1) is 16.4. The van der Waals surface area contributed by atoms with Crippen molar-refractivity contribution in [2.24, 2.45) is 4.99 Å². The van der Waals surface area contributed by atoms with Crippen LogP contribution in [-0.4, -0.2) is 57.4 Å². The summed E-state index contributed by atoms with van der Waals surface area (Å²) in [4.78, 5) is 17.4. The van der Waals surface area contributed by atoms with Crippen LogP contribution in [0.4, 0.5) is 0 Å². The molecule has 34 heavy (non-hydrogen) atoms. The van der Waals surface area contributed by atoms with Crippen LogP contribution in [0.3, 0.4) is 0 Å². The van der Waals surface area contributed by atoms with Gasteiger partial charge >= 0.3 is 0 Å². The van der Waals surface area contributed by atoms with Gasteiger partial charge in [-0.05, 0) is 30.7 Å². The molecule has 11 heteroatoms. The Balaban J connectivity index is 1.36. The third kappa shape index (κ3) is 5.42. The number of ether oxygens (including phenoxy) is 3. The van der Waals surface area contributed by atoms with Gasteiger partial charge in [-0.1, -0.05) is 31.9 Å². The molecule has 0 bridgehead atoms. The number of aliphatic hydroxyl groups is 1. The maximum atomic E-state index is 12.8. The Morgan fingerprint density at radius 3 is 2.85 bits per heavy atom. The molecule has 2 unspecified atom stereocenters. The number of amides is 1. The molecular formula is C23H27N3O7S. The van der Waals surface area contributed by atoms with E-state index in [1.807, 2.05) is 6.92 Å². The number of hydrogen-bond acceptors (Lipinski definition) is 8. The maximum absolute atomic E-state index is 12.8. The van der Waals surface area contributed by atoms with Crippen LogP contribution >= 0.6 is 0 Å². The van der Waals surface area contributed by atoms with Crippen LogP contribution in [0.2, 0.25) is 0 Å². The summed E-state index contributed by atoms with van der Waals surface area (Å²) < 4.78 is 43.2. The fourth-order valence-corrected chi connectivity index (χ4v) is 4.83. The van der Waals surface area contributed by atoms with Gasteiger partial charge in [-0.15, -0.1) is 0 Å². The highest BCUT2D eigenvalue weighted by molar-refractivity contribution is 7.90. The zero-order valence-corrected chi connectivity index (χ0v) is 19.5. The lowest BCUT2D eigenvalue weighted by atomic mass is 10.1. The van der Waals surface area contributed by atoms with Crippen molar-refractivity contribution >= 4 is 21.8 Å². The first-order valence-corrected chi connectivity index (χ1v) is 12.5. The molecule has 2 aromatic carbocycles. The quantitative estimate of drug-likeness (QED) is 0.461.